The van der Waals surface area contributed by atoms with Crippen molar-refractivity contribution in [2.75, 3.05) is 26.2 Å². The summed E-state index contributed by atoms with van der Waals surface area (Å²) >= 11 is 0. The summed E-state index contributed by atoms with van der Waals surface area (Å²) in [6, 6.07) is 21.5. The molecular weight excluding hydrogens is 558 g/mol. The number of halogens is 3. The molecule has 0 N–H and O–H groups in total. The number of piperidine rings is 1. The average molecular weight is 602 g/mol. The highest BCUT2D eigenvalue weighted by molar-refractivity contribution is 5.96. The maximum Gasteiger partial charge on any atom is 0.162 e. The van der Waals surface area contributed by atoms with E-state index < -0.39 is 0 Å². The highest BCUT2D eigenvalue weighted by atomic mass is 35.5. The Bertz CT molecular complexity index is 1250. The Labute approximate surface area is 257 Å². The molecule has 2 aliphatic heterocycles. The summed E-state index contributed by atoms with van der Waals surface area (Å²) in [5, 5.41) is 0. The summed E-state index contributed by atoms with van der Waals surface area (Å²) in [4.78, 5) is 18.1. The molecule has 0 spiro atoms. The van der Waals surface area contributed by atoms with Crippen LogP contribution in [0.4, 0.5) is 4.39 Å². The first kappa shape index (κ1) is 33.1. The number of carbonyl (C=O) groups is 1. The first-order valence-electron chi connectivity index (χ1n) is 14.6. The lowest BCUT2D eigenvalue weighted by Gasteiger charge is -2.32. The molecule has 0 saturated carbocycles. The van der Waals surface area contributed by atoms with Gasteiger partial charge in [-0.05, 0) is 106 Å². The van der Waals surface area contributed by atoms with E-state index in [0.717, 1.165) is 88.2 Å². The third-order valence-corrected chi connectivity index (χ3v) is 8.32. The van der Waals surface area contributed by atoms with Gasteiger partial charge in [0.2, 0.25) is 0 Å². The van der Waals surface area contributed by atoms with E-state index in [0.29, 0.717) is 18.9 Å². The summed E-state index contributed by atoms with van der Waals surface area (Å²) in [5.74, 6) is 1.67. The molecular formula is C34H43Cl2FN2O2. The van der Waals surface area contributed by atoms with Crippen LogP contribution < -0.4 is 4.74 Å². The summed E-state index contributed by atoms with van der Waals surface area (Å²) in [6.07, 6.45) is 6.01. The highest BCUT2D eigenvalue weighted by Crippen LogP contribution is 2.27. The lowest BCUT2D eigenvalue weighted by molar-refractivity contribution is 0.0961. The van der Waals surface area contributed by atoms with Crippen molar-refractivity contribution >= 4 is 30.6 Å². The number of rotatable bonds is 10. The number of nitrogens with zero attached hydrogens (tertiary/aromatic N) is 2. The number of hydrogen-bond donors (Lipinski definition) is 0. The molecule has 0 aliphatic carbocycles. The SMILES string of the molecule is CCOc1ccccc1CN1CCC(CCC(=O)c2ccc3c(c2)CN(Cc2ccc(F)cc2)CCC3)CC1.Cl.Cl. The van der Waals surface area contributed by atoms with Gasteiger partial charge >= 0.3 is 0 Å². The van der Waals surface area contributed by atoms with Gasteiger partial charge in [0.05, 0.1) is 6.61 Å². The molecule has 0 unspecified atom stereocenters. The van der Waals surface area contributed by atoms with Crippen LogP contribution in [0.2, 0.25) is 0 Å². The zero-order valence-corrected chi connectivity index (χ0v) is 25.7. The topological polar surface area (TPSA) is 32.8 Å². The van der Waals surface area contributed by atoms with Gasteiger partial charge < -0.3 is 4.74 Å². The standard InChI is InChI=1S/C34H41FN2O2.2ClH/c1-2-39-34-8-4-3-6-30(34)24-36-20-17-26(18-21-36)11-16-33(38)29-13-12-28-7-5-19-37(25-31(28)22-29)23-27-9-14-32(35)15-10-27;;/h3-4,6,8-10,12-15,22,26H,2,5,7,11,16-21,23-25H2,1H3;2*1H. The highest BCUT2D eigenvalue weighted by Gasteiger charge is 2.22. The summed E-state index contributed by atoms with van der Waals surface area (Å²) < 4.78 is 19.1. The zero-order chi connectivity index (χ0) is 27.0. The van der Waals surface area contributed by atoms with E-state index in [2.05, 4.69) is 40.1 Å². The number of fused-ring (bicyclic) bond motifs is 1. The molecule has 0 bridgehead atoms. The molecule has 4 nitrogen and oxygen atoms in total. The molecule has 0 radical (unpaired) electrons. The first-order valence-corrected chi connectivity index (χ1v) is 14.6. The maximum atomic E-state index is 13.3. The molecule has 5 rings (SSSR count). The van der Waals surface area contributed by atoms with Crippen LogP contribution in [0.25, 0.3) is 0 Å². The molecule has 41 heavy (non-hydrogen) atoms. The van der Waals surface area contributed by atoms with Gasteiger partial charge in [0.15, 0.2) is 5.78 Å². The normalized spacial score (nSPS) is 16.1. The second kappa shape index (κ2) is 16.3. The minimum absolute atomic E-state index is 0. The number of ketones is 1. The van der Waals surface area contributed by atoms with E-state index in [1.807, 2.05) is 31.2 Å². The third kappa shape index (κ3) is 9.27. The molecule has 1 fully saturated rings. The van der Waals surface area contributed by atoms with Crippen molar-refractivity contribution < 1.29 is 13.9 Å². The minimum Gasteiger partial charge on any atom is -0.494 e. The molecule has 3 aromatic carbocycles. The van der Waals surface area contributed by atoms with Crippen LogP contribution >= 0.6 is 24.8 Å². The van der Waals surface area contributed by atoms with Crippen LogP contribution in [0.3, 0.4) is 0 Å². The first-order chi connectivity index (χ1) is 19.1. The van der Waals surface area contributed by atoms with Gasteiger partial charge in [0.25, 0.3) is 0 Å². The molecule has 2 heterocycles. The Morgan fingerprint density at radius 2 is 1.66 bits per heavy atom. The Kier molecular flexibility index (Phi) is 13.1. The fourth-order valence-electron chi connectivity index (χ4n) is 6.07. The van der Waals surface area contributed by atoms with E-state index in [1.165, 1.54) is 28.8 Å². The summed E-state index contributed by atoms with van der Waals surface area (Å²) in [5.41, 5.74) is 5.85. The van der Waals surface area contributed by atoms with Gasteiger partial charge in [-0.25, -0.2) is 4.39 Å². The van der Waals surface area contributed by atoms with Crippen LogP contribution in [-0.4, -0.2) is 41.8 Å². The fourth-order valence-corrected chi connectivity index (χ4v) is 6.07. The molecule has 0 amide bonds. The predicted octanol–water partition coefficient (Wildman–Crippen LogP) is 7.89. The number of para-hydroxylation sites is 1. The van der Waals surface area contributed by atoms with Crippen LogP contribution in [0, 0.1) is 11.7 Å². The van der Waals surface area contributed by atoms with Crippen molar-refractivity contribution in [3.05, 3.63) is 100 Å². The van der Waals surface area contributed by atoms with E-state index in [-0.39, 0.29) is 36.4 Å². The second-order valence-corrected chi connectivity index (χ2v) is 11.1. The van der Waals surface area contributed by atoms with E-state index in [4.69, 9.17) is 4.74 Å². The van der Waals surface area contributed by atoms with Crippen LogP contribution in [-0.2, 0) is 26.1 Å². The number of aryl methyl sites for hydroxylation is 1. The van der Waals surface area contributed by atoms with Gasteiger partial charge in [-0.3, -0.25) is 14.6 Å². The predicted molar refractivity (Wildman–Crippen MR) is 169 cm³/mol. The van der Waals surface area contributed by atoms with Crippen molar-refractivity contribution in [1.82, 2.24) is 9.80 Å². The second-order valence-electron chi connectivity index (χ2n) is 11.1. The largest absolute Gasteiger partial charge is 0.494 e. The molecule has 1 saturated heterocycles. The Hall–Kier alpha value is -2.44. The van der Waals surface area contributed by atoms with Crippen molar-refractivity contribution in [3.63, 3.8) is 0 Å². The Balaban J connectivity index is 0.00000231. The number of benzene rings is 3. The van der Waals surface area contributed by atoms with Crippen LogP contribution in [0.1, 0.15) is 71.6 Å². The minimum atomic E-state index is -0.197. The molecule has 222 valence electrons. The van der Waals surface area contributed by atoms with E-state index in [1.54, 1.807) is 0 Å². The van der Waals surface area contributed by atoms with Crippen molar-refractivity contribution in [2.24, 2.45) is 5.92 Å². The number of Topliss-reactive ketones (excluding diaryl/α,β-unsaturated/α-hetero) is 1. The molecule has 7 heteroatoms. The number of likely N-dealkylation sites (tertiary alicyclic amines) is 1. The van der Waals surface area contributed by atoms with Crippen molar-refractivity contribution in [2.45, 2.75) is 65.1 Å². The molecule has 2 aliphatic rings. The van der Waals surface area contributed by atoms with E-state index >= 15 is 0 Å². The van der Waals surface area contributed by atoms with E-state index in [9.17, 15) is 9.18 Å². The molecule has 0 atom stereocenters. The Morgan fingerprint density at radius 3 is 2.41 bits per heavy atom. The van der Waals surface area contributed by atoms with Gasteiger partial charge in [-0.15, -0.1) is 24.8 Å². The maximum absolute atomic E-state index is 13.3. The number of ether oxygens (including phenoxy) is 1. The van der Waals surface area contributed by atoms with Gasteiger partial charge in [0, 0.05) is 37.2 Å². The molecule has 3 aromatic rings. The van der Waals surface area contributed by atoms with Crippen LogP contribution in [0.5, 0.6) is 5.75 Å². The summed E-state index contributed by atoms with van der Waals surface area (Å²) in [7, 11) is 0. The third-order valence-electron chi connectivity index (χ3n) is 8.32. The lowest BCUT2D eigenvalue weighted by Crippen LogP contribution is -2.33. The van der Waals surface area contributed by atoms with Gasteiger partial charge in [-0.2, -0.15) is 0 Å². The monoisotopic (exact) mass is 600 g/mol. The van der Waals surface area contributed by atoms with Gasteiger partial charge in [0.1, 0.15) is 11.6 Å². The quantitative estimate of drug-likeness (QED) is 0.221. The fraction of sp³-hybridized carbons (Fsp3) is 0.441. The number of carbonyl (C=O) groups excluding carboxylic acids is 1. The number of hydrogen-bond acceptors (Lipinski definition) is 4. The van der Waals surface area contributed by atoms with Crippen molar-refractivity contribution in [1.29, 1.82) is 0 Å². The molecule has 0 aromatic heterocycles. The lowest BCUT2D eigenvalue weighted by atomic mass is 9.89. The average Bonchev–Trinajstić information content (AvgIpc) is 3.16. The Morgan fingerprint density at radius 1 is 0.902 bits per heavy atom. The zero-order valence-electron chi connectivity index (χ0n) is 24.0. The van der Waals surface area contributed by atoms with Crippen molar-refractivity contribution in [3.8, 4) is 5.75 Å². The summed E-state index contributed by atoms with van der Waals surface area (Å²) in [6.45, 7) is 8.42. The smallest absolute Gasteiger partial charge is 0.162 e. The van der Waals surface area contributed by atoms with Gasteiger partial charge in [-0.1, -0.05) is 42.5 Å². The van der Waals surface area contributed by atoms with Crippen LogP contribution in [0.15, 0.2) is 66.7 Å².